The Kier molecular flexibility index (Phi) is 9.22. The van der Waals surface area contributed by atoms with Crippen LogP contribution >= 0.6 is 0 Å². The van der Waals surface area contributed by atoms with Gasteiger partial charge in [-0.3, -0.25) is 13.9 Å². The predicted octanol–water partition coefficient (Wildman–Crippen LogP) is 3.02. The van der Waals surface area contributed by atoms with Gasteiger partial charge in [0, 0.05) is 0 Å². The van der Waals surface area contributed by atoms with Crippen molar-refractivity contribution in [1.82, 2.24) is 5.43 Å². The van der Waals surface area contributed by atoms with Crippen LogP contribution in [-0.2, 0) is 19.6 Å². The SMILES string of the molecule is COc1ccccc1NC(=O)COc1ccc(/C=N\NC(=O)[C@H](C)N(c2ccccc2)S(C)(=O)=O)cc1. The van der Waals surface area contributed by atoms with Crippen molar-refractivity contribution in [2.75, 3.05) is 29.6 Å². The number of para-hydroxylation sites is 3. The van der Waals surface area contributed by atoms with E-state index in [1.807, 2.05) is 0 Å². The molecule has 11 heteroatoms. The Bertz CT molecular complexity index is 1340. The fraction of sp³-hybridized carbons (Fsp3) is 0.192. The highest BCUT2D eigenvalue weighted by atomic mass is 32.2. The standard InChI is InChI=1S/C26H28N4O6S/c1-19(30(37(3,33)34)21-9-5-4-6-10-21)26(32)29-27-17-20-13-15-22(16-14-20)36-18-25(31)28-23-11-7-8-12-24(23)35-2/h4-17,19H,18H2,1-3H3,(H,28,31)(H,29,32)/b27-17-/t19-/m0/s1. The zero-order valence-corrected chi connectivity index (χ0v) is 21.4. The van der Waals surface area contributed by atoms with E-state index in [9.17, 15) is 18.0 Å². The Morgan fingerprint density at radius 3 is 2.30 bits per heavy atom. The lowest BCUT2D eigenvalue weighted by molar-refractivity contribution is -0.121. The third-order valence-electron chi connectivity index (χ3n) is 5.12. The highest BCUT2D eigenvalue weighted by Gasteiger charge is 2.28. The zero-order valence-electron chi connectivity index (χ0n) is 20.6. The Morgan fingerprint density at radius 2 is 1.65 bits per heavy atom. The molecule has 0 aliphatic carbocycles. The Balaban J connectivity index is 1.53. The lowest BCUT2D eigenvalue weighted by atomic mass is 10.2. The van der Waals surface area contributed by atoms with Crippen LogP contribution in [0.25, 0.3) is 0 Å². The number of carbonyl (C=O) groups excluding carboxylic acids is 2. The molecule has 3 rings (SSSR count). The van der Waals surface area contributed by atoms with Crippen molar-refractivity contribution in [3.05, 3.63) is 84.4 Å². The summed E-state index contributed by atoms with van der Waals surface area (Å²) in [4.78, 5) is 24.8. The first-order valence-electron chi connectivity index (χ1n) is 11.2. The number of rotatable bonds is 11. The van der Waals surface area contributed by atoms with Crippen LogP contribution in [0, 0.1) is 0 Å². The van der Waals surface area contributed by atoms with E-state index >= 15 is 0 Å². The van der Waals surface area contributed by atoms with Crippen molar-refractivity contribution in [2.24, 2.45) is 5.10 Å². The minimum Gasteiger partial charge on any atom is -0.495 e. The second kappa shape index (κ2) is 12.5. The van der Waals surface area contributed by atoms with E-state index in [0.717, 1.165) is 10.6 Å². The zero-order chi connectivity index (χ0) is 26.8. The number of hydrazone groups is 1. The van der Waals surface area contributed by atoms with Crippen LogP contribution in [0.15, 0.2) is 84.0 Å². The van der Waals surface area contributed by atoms with Crippen LogP contribution in [0.4, 0.5) is 11.4 Å². The first kappa shape index (κ1) is 27.2. The van der Waals surface area contributed by atoms with Crippen molar-refractivity contribution in [1.29, 1.82) is 0 Å². The fourth-order valence-corrected chi connectivity index (χ4v) is 4.56. The lowest BCUT2D eigenvalue weighted by Gasteiger charge is -2.27. The van der Waals surface area contributed by atoms with Gasteiger partial charge in [-0.2, -0.15) is 5.10 Å². The number of anilines is 2. The smallest absolute Gasteiger partial charge is 0.263 e. The van der Waals surface area contributed by atoms with Crippen LogP contribution < -0.4 is 24.5 Å². The Morgan fingerprint density at radius 1 is 1.00 bits per heavy atom. The summed E-state index contributed by atoms with van der Waals surface area (Å²) in [6.45, 7) is 1.28. The lowest BCUT2D eigenvalue weighted by Crippen LogP contribution is -2.46. The van der Waals surface area contributed by atoms with Crippen molar-refractivity contribution in [3.63, 3.8) is 0 Å². The molecular formula is C26H28N4O6S. The summed E-state index contributed by atoms with van der Waals surface area (Å²) in [5, 5.41) is 6.65. The van der Waals surface area contributed by atoms with Crippen LogP contribution in [-0.4, -0.2) is 52.5 Å². The highest BCUT2D eigenvalue weighted by Crippen LogP contribution is 2.23. The molecule has 37 heavy (non-hydrogen) atoms. The second-order valence-electron chi connectivity index (χ2n) is 7.91. The van der Waals surface area contributed by atoms with Crippen molar-refractivity contribution in [3.8, 4) is 11.5 Å². The number of benzene rings is 3. The fourth-order valence-electron chi connectivity index (χ4n) is 3.38. The van der Waals surface area contributed by atoms with E-state index in [1.54, 1.807) is 78.9 Å². The molecule has 0 saturated carbocycles. The Labute approximate surface area is 216 Å². The number of methoxy groups -OCH3 is 1. The molecule has 10 nitrogen and oxygen atoms in total. The maximum atomic E-state index is 12.6. The number of amides is 2. The van der Waals surface area contributed by atoms with Gasteiger partial charge < -0.3 is 14.8 Å². The van der Waals surface area contributed by atoms with Gasteiger partial charge in [0.25, 0.3) is 11.8 Å². The van der Waals surface area contributed by atoms with E-state index in [-0.39, 0.29) is 12.5 Å². The normalized spacial score (nSPS) is 12.0. The summed E-state index contributed by atoms with van der Waals surface area (Å²) in [7, 11) is -2.18. The number of hydrogen-bond acceptors (Lipinski definition) is 7. The topological polar surface area (TPSA) is 126 Å². The van der Waals surface area contributed by atoms with Gasteiger partial charge >= 0.3 is 0 Å². The number of ether oxygens (including phenoxy) is 2. The number of carbonyl (C=O) groups is 2. The summed E-state index contributed by atoms with van der Waals surface area (Å²) >= 11 is 0. The van der Waals surface area contributed by atoms with Gasteiger partial charge in [-0.1, -0.05) is 30.3 Å². The van der Waals surface area contributed by atoms with Crippen LogP contribution in [0.2, 0.25) is 0 Å². The van der Waals surface area contributed by atoms with E-state index in [4.69, 9.17) is 9.47 Å². The summed E-state index contributed by atoms with van der Waals surface area (Å²) in [6.07, 6.45) is 2.45. The third-order valence-corrected chi connectivity index (χ3v) is 6.36. The van der Waals surface area contributed by atoms with Crippen LogP contribution in [0.3, 0.4) is 0 Å². The molecule has 0 heterocycles. The maximum absolute atomic E-state index is 12.6. The summed E-state index contributed by atoms with van der Waals surface area (Å²) in [6, 6.07) is 21.1. The van der Waals surface area contributed by atoms with Gasteiger partial charge in [-0.05, 0) is 61.0 Å². The predicted molar refractivity (Wildman–Crippen MR) is 143 cm³/mol. The molecule has 0 aliphatic heterocycles. The number of sulfonamides is 1. The summed E-state index contributed by atoms with van der Waals surface area (Å²) in [5.74, 6) is 0.0823. The largest absolute Gasteiger partial charge is 0.495 e. The van der Waals surface area contributed by atoms with E-state index in [2.05, 4.69) is 15.8 Å². The second-order valence-corrected chi connectivity index (χ2v) is 9.77. The molecule has 1 atom stereocenters. The van der Waals surface area contributed by atoms with E-state index < -0.39 is 22.0 Å². The molecule has 0 fully saturated rings. The van der Waals surface area contributed by atoms with Gasteiger partial charge in [0.2, 0.25) is 10.0 Å². The average molecular weight is 525 g/mol. The molecule has 194 valence electrons. The molecule has 3 aromatic carbocycles. The molecular weight excluding hydrogens is 496 g/mol. The molecule has 0 saturated heterocycles. The van der Waals surface area contributed by atoms with Crippen LogP contribution in [0.5, 0.6) is 11.5 Å². The van der Waals surface area contributed by atoms with E-state index in [0.29, 0.717) is 28.4 Å². The van der Waals surface area contributed by atoms with Gasteiger partial charge in [-0.15, -0.1) is 0 Å². The maximum Gasteiger partial charge on any atom is 0.263 e. The first-order chi connectivity index (χ1) is 17.7. The number of nitrogens with zero attached hydrogens (tertiary/aromatic N) is 2. The van der Waals surface area contributed by atoms with E-state index in [1.165, 1.54) is 20.2 Å². The molecule has 0 aromatic heterocycles. The van der Waals surface area contributed by atoms with Gasteiger partial charge in [0.05, 0.1) is 31.0 Å². The van der Waals surface area contributed by atoms with Gasteiger partial charge in [0.1, 0.15) is 17.5 Å². The Hall–Kier alpha value is -4.38. The molecule has 2 N–H and O–H groups in total. The minimum atomic E-state index is -3.71. The quantitative estimate of drug-likeness (QED) is 0.293. The van der Waals surface area contributed by atoms with Crippen molar-refractivity contribution >= 4 is 39.4 Å². The van der Waals surface area contributed by atoms with Crippen LogP contribution in [0.1, 0.15) is 12.5 Å². The molecule has 2 amide bonds. The monoisotopic (exact) mass is 524 g/mol. The molecule has 3 aromatic rings. The minimum absolute atomic E-state index is 0.197. The third kappa shape index (κ3) is 7.80. The molecule has 0 bridgehead atoms. The summed E-state index contributed by atoms with van der Waals surface area (Å²) in [5.41, 5.74) is 3.95. The first-order valence-corrected chi connectivity index (χ1v) is 13.1. The van der Waals surface area contributed by atoms with Crippen molar-refractivity contribution in [2.45, 2.75) is 13.0 Å². The molecule has 0 aliphatic rings. The summed E-state index contributed by atoms with van der Waals surface area (Å²) < 4.78 is 36.3. The van der Waals surface area contributed by atoms with Crippen molar-refractivity contribution < 1.29 is 27.5 Å². The molecule has 0 radical (unpaired) electrons. The van der Waals surface area contributed by atoms with Gasteiger partial charge in [0.15, 0.2) is 6.61 Å². The number of nitrogens with one attached hydrogen (secondary N) is 2. The van der Waals surface area contributed by atoms with Gasteiger partial charge in [-0.25, -0.2) is 13.8 Å². The molecule has 0 unspecified atom stereocenters. The number of hydrogen-bond donors (Lipinski definition) is 2. The molecule has 0 spiro atoms. The average Bonchev–Trinajstić information content (AvgIpc) is 2.88. The highest BCUT2D eigenvalue weighted by molar-refractivity contribution is 7.92.